The zero-order valence-corrected chi connectivity index (χ0v) is 10.1. The summed E-state index contributed by atoms with van der Waals surface area (Å²) >= 11 is 5.74. The van der Waals surface area contributed by atoms with Crippen LogP contribution in [0, 0.1) is 11.7 Å². The van der Waals surface area contributed by atoms with E-state index >= 15 is 0 Å². The molecule has 0 saturated heterocycles. The van der Waals surface area contributed by atoms with Gasteiger partial charge in [0.05, 0.1) is 0 Å². The molecule has 1 aromatic carbocycles. The van der Waals surface area contributed by atoms with E-state index in [1.165, 1.54) is 12.1 Å². The quantitative estimate of drug-likeness (QED) is 0.808. The predicted molar refractivity (Wildman–Crippen MR) is 64.0 cm³/mol. The Morgan fingerprint density at radius 2 is 2.19 bits per heavy atom. The Labute approximate surface area is 100 Å². The molecule has 0 aliphatic carbocycles. The minimum Gasteiger partial charge on any atom is -0.396 e. The first-order valence-electron chi connectivity index (χ1n) is 5.38. The average Bonchev–Trinajstić information content (AvgIpc) is 2.16. The molecule has 1 atom stereocenters. The zero-order chi connectivity index (χ0) is 12.0. The van der Waals surface area contributed by atoms with Crippen molar-refractivity contribution in [3.05, 3.63) is 34.6 Å². The van der Waals surface area contributed by atoms with Gasteiger partial charge >= 0.3 is 0 Å². The SMILES string of the molecule is CC(CCO)CNCc1cc(F)cc(Cl)c1. The van der Waals surface area contributed by atoms with Crippen LogP contribution in [-0.2, 0) is 6.54 Å². The lowest BCUT2D eigenvalue weighted by Gasteiger charge is -2.11. The summed E-state index contributed by atoms with van der Waals surface area (Å²) in [5.41, 5.74) is 0.834. The van der Waals surface area contributed by atoms with Gasteiger partial charge in [0.1, 0.15) is 5.82 Å². The van der Waals surface area contributed by atoms with Crippen molar-refractivity contribution in [3.63, 3.8) is 0 Å². The van der Waals surface area contributed by atoms with Gasteiger partial charge in [0.25, 0.3) is 0 Å². The Morgan fingerprint density at radius 3 is 2.81 bits per heavy atom. The van der Waals surface area contributed by atoms with Crippen molar-refractivity contribution in [2.75, 3.05) is 13.2 Å². The molecule has 1 unspecified atom stereocenters. The van der Waals surface area contributed by atoms with E-state index in [-0.39, 0.29) is 12.4 Å². The number of nitrogens with one attached hydrogen (secondary N) is 1. The summed E-state index contributed by atoms with van der Waals surface area (Å²) in [6.07, 6.45) is 0.775. The van der Waals surface area contributed by atoms with Crippen LogP contribution in [0.2, 0.25) is 5.02 Å². The molecule has 0 radical (unpaired) electrons. The van der Waals surface area contributed by atoms with Gasteiger partial charge in [0.2, 0.25) is 0 Å². The van der Waals surface area contributed by atoms with E-state index in [4.69, 9.17) is 16.7 Å². The molecule has 0 bridgehead atoms. The molecular formula is C12H17ClFNO. The zero-order valence-electron chi connectivity index (χ0n) is 9.34. The summed E-state index contributed by atoms with van der Waals surface area (Å²) in [6, 6.07) is 4.50. The number of hydrogen-bond donors (Lipinski definition) is 2. The third kappa shape index (κ3) is 4.92. The van der Waals surface area contributed by atoms with Gasteiger partial charge in [-0.1, -0.05) is 18.5 Å². The Kier molecular flexibility index (Phi) is 5.74. The molecule has 4 heteroatoms. The second-order valence-electron chi connectivity index (χ2n) is 4.03. The number of aliphatic hydroxyl groups is 1. The molecule has 1 rings (SSSR count). The van der Waals surface area contributed by atoms with Gasteiger partial charge in [-0.05, 0) is 42.6 Å². The molecule has 0 aliphatic heterocycles. The van der Waals surface area contributed by atoms with E-state index in [2.05, 4.69) is 12.2 Å². The summed E-state index contributed by atoms with van der Waals surface area (Å²) in [5.74, 6) is 0.0988. The van der Waals surface area contributed by atoms with Gasteiger partial charge in [-0.25, -0.2) is 4.39 Å². The van der Waals surface area contributed by atoms with E-state index < -0.39 is 0 Å². The van der Waals surface area contributed by atoms with Crippen LogP contribution >= 0.6 is 11.6 Å². The highest BCUT2D eigenvalue weighted by atomic mass is 35.5. The summed E-state index contributed by atoms with van der Waals surface area (Å²) in [4.78, 5) is 0. The van der Waals surface area contributed by atoms with E-state index in [1.54, 1.807) is 6.07 Å². The standard InChI is InChI=1S/C12H17ClFNO/c1-9(2-3-16)7-15-8-10-4-11(13)6-12(14)5-10/h4-6,9,15-16H,2-3,7-8H2,1H3. The average molecular weight is 246 g/mol. The molecule has 2 N–H and O–H groups in total. The Morgan fingerprint density at radius 1 is 1.44 bits per heavy atom. The Balaban J connectivity index is 2.37. The fourth-order valence-corrected chi connectivity index (χ4v) is 1.74. The van der Waals surface area contributed by atoms with Gasteiger partial charge in [0.15, 0.2) is 0 Å². The summed E-state index contributed by atoms with van der Waals surface area (Å²) < 4.78 is 13.0. The van der Waals surface area contributed by atoms with Crippen LogP contribution in [-0.4, -0.2) is 18.3 Å². The fraction of sp³-hybridized carbons (Fsp3) is 0.500. The molecule has 0 aliphatic rings. The maximum atomic E-state index is 13.0. The highest BCUT2D eigenvalue weighted by Crippen LogP contribution is 2.14. The van der Waals surface area contributed by atoms with Crippen LogP contribution in [0.1, 0.15) is 18.9 Å². The Hall–Kier alpha value is -0.640. The number of aliphatic hydroxyl groups excluding tert-OH is 1. The van der Waals surface area contributed by atoms with Crippen LogP contribution < -0.4 is 5.32 Å². The van der Waals surface area contributed by atoms with Crippen molar-refractivity contribution in [3.8, 4) is 0 Å². The van der Waals surface area contributed by atoms with Crippen LogP contribution in [0.15, 0.2) is 18.2 Å². The van der Waals surface area contributed by atoms with Crippen LogP contribution in [0.5, 0.6) is 0 Å². The van der Waals surface area contributed by atoms with Crippen LogP contribution in [0.3, 0.4) is 0 Å². The third-order valence-electron chi connectivity index (χ3n) is 2.37. The highest BCUT2D eigenvalue weighted by Gasteiger charge is 2.02. The van der Waals surface area contributed by atoms with Crippen LogP contribution in [0.25, 0.3) is 0 Å². The molecular weight excluding hydrogens is 229 g/mol. The van der Waals surface area contributed by atoms with E-state index in [1.807, 2.05) is 0 Å². The normalized spacial score (nSPS) is 12.8. The van der Waals surface area contributed by atoms with Gasteiger partial charge in [-0.15, -0.1) is 0 Å². The molecule has 0 heterocycles. The van der Waals surface area contributed by atoms with Crippen molar-refractivity contribution < 1.29 is 9.50 Å². The third-order valence-corrected chi connectivity index (χ3v) is 2.58. The minimum absolute atomic E-state index is 0.203. The molecule has 16 heavy (non-hydrogen) atoms. The van der Waals surface area contributed by atoms with E-state index in [0.29, 0.717) is 17.5 Å². The van der Waals surface area contributed by atoms with Crippen molar-refractivity contribution >= 4 is 11.6 Å². The monoisotopic (exact) mass is 245 g/mol. The lowest BCUT2D eigenvalue weighted by molar-refractivity contribution is 0.260. The molecule has 0 aromatic heterocycles. The second-order valence-corrected chi connectivity index (χ2v) is 4.46. The fourth-order valence-electron chi connectivity index (χ4n) is 1.50. The molecule has 0 amide bonds. The smallest absolute Gasteiger partial charge is 0.125 e. The molecule has 90 valence electrons. The number of rotatable bonds is 6. The summed E-state index contributed by atoms with van der Waals surface area (Å²) in [6.45, 7) is 3.65. The van der Waals surface area contributed by atoms with Crippen molar-refractivity contribution in [1.82, 2.24) is 5.32 Å². The molecule has 0 fully saturated rings. The highest BCUT2D eigenvalue weighted by molar-refractivity contribution is 6.30. The minimum atomic E-state index is -0.312. The largest absolute Gasteiger partial charge is 0.396 e. The van der Waals surface area contributed by atoms with Crippen molar-refractivity contribution in [2.45, 2.75) is 19.9 Å². The molecule has 2 nitrogen and oxygen atoms in total. The topological polar surface area (TPSA) is 32.3 Å². The predicted octanol–water partition coefficient (Wildman–Crippen LogP) is 2.59. The first-order valence-corrected chi connectivity index (χ1v) is 5.76. The van der Waals surface area contributed by atoms with Crippen LogP contribution in [0.4, 0.5) is 4.39 Å². The molecule has 0 spiro atoms. The van der Waals surface area contributed by atoms with Gasteiger partial charge in [0, 0.05) is 18.2 Å². The second kappa shape index (κ2) is 6.84. The number of halogens is 2. The Bertz CT molecular complexity index is 313. The van der Waals surface area contributed by atoms with E-state index in [0.717, 1.165) is 18.5 Å². The number of hydrogen-bond acceptors (Lipinski definition) is 2. The van der Waals surface area contributed by atoms with Gasteiger partial charge in [-0.2, -0.15) is 0 Å². The maximum Gasteiger partial charge on any atom is 0.125 e. The molecule has 1 aromatic rings. The van der Waals surface area contributed by atoms with E-state index in [9.17, 15) is 4.39 Å². The van der Waals surface area contributed by atoms with Crippen molar-refractivity contribution in [2.24, 2.45) is 5.92 Å². The first-order chi connectivity index (χ1) is 7.61. The van der Waals surface area contributed by atoms with Gasteiger partial charge in [-0.3, -0.25) is 0 Å². The summed E-state index contributed by atoms with van der Waals surface area (Å²) in [7, 11) is 0. The lowest BCUT2D eigenvalue weighted by Crippen LogP contribution is -2.21. The van der Waals surface area contributed by atoms with Crippen molar-refractivity contribution in [1.29, 1.82) is 0 Å². The molecule has 0 saturated carbocycles. The maximum absolute atomic E-state index is 13.0. The lowest BCUT2D eigenvalue weighted by atomic mass is 10.1. The summed E-state index contributed by atoms with van der Waals surface area (Å²) in [5, 5.41) is 12.4. The van der Waals surface area contributed by atoms with Gasteiger partial charge < -0.3 is 10.4 Å². The number of benzene rings is 1. The first kappa shape index (κ1) is 13.4.